The first-order chi connectivity index (χ1) is 13.0. The molecule has 7 nitrogen and oxygen atoms in total. The molecular weight excluding hydrogens is 346 g/mol. The van der Waals surface area contributed by atoms with Gasteiger partial charge in [-0.3, -0.25) is 14.5 Å². The molecule has 2 N–H and O–H groups in total. The lowest BCUT2D eigenvalue weighted by atomic mass is 9.94. The Labute approximate surface area is 158 Å². The Kier molecular flexibility index (Phi) is 6.13. The third-order valence-corrected chi connectivity index (χ3v) is 4.74. The summed E-state index contributed by atoms with van der Waals surface area (Å²) in [6, 6.07) is 11.4. The van der Waals surface area contributed by atoms with E-state index in [4.69, 9.17) is 9.15 Å². The maximum Gasteiger partial charge on any atom is 0.234 e. The quantitative estimate of drug-likeness (QED) is 0.771. The molecule has 1 aliphatic rings. The van der Waals surface area contributed by atoms with E-state index in [0.29, 0.717) is 19.6 Å². The molecular formula is C20H25N3O4. The summed E-state index contributed by atoms with van der Waals surface area (Å²) in [5.41, 5.74) is 1.12. The van der Waals surface area contributed by atoms with Gasteiger partial charge in [-0.05, 0) is 29.8 Å². The Morgan fingerprint density at radius 1 is 1.22 bits per heavy atom. The predicted molar refractivity (Wildman–Crippen MR) is 100 cm³/mol. The van der Waals surface area contributed by atoms with E-state index in [1.807, 2.05) is 30.3 Å². The van der Waals surface area contributed by atoms with Crippen molar-refractivity contribution in [1.29, 1.82) is 0 Å². The minimum absolute atomic E-state index is 0.0335. The number of carbonyl (C=O) groups is 2. The molecule has 1 aromatic carbocycles. The van der Waals surface area contributed by atoms with Crippen molar-refractivity contribution in [2.45, 2.75) is 25.4 Å². The van der Waals surface area contributed by atoms with Crippen molar-refractivity contribution in [2.75, 3.05) is 26.7 Å². The van der Waals surface area contributed by atoms with Crippen molar-refractivity contribution in [3.8, 4) is 5.75 Å². The van der Waals surface area contributed by atoms with Gasteiger partial charge in [-0.2, -0.15) is 0 Å². The zero-order valence-electron chi connectivity index (χ0n) is 15.6. The van der Waals surface area contributed by atoms with Crippen LogP contribution in [-0.2, 0) is 16.1 Å². The van der Waals surface area contributed by atoms with Crippen LogP contribution in [0.1, 0.15) is 24.2 Å². The first kappa shape index (κ1) is 19.0. The average Bonchev–Trinajstić information content (AvgIpc) is 3.29. The standard InChI is InChI=1S/C20H25N3O4/c1-14(24)22-19-12-23(13-20(25)21-10-17-4-3-9-27-17)11-18(19)15-5-7-16(26-2)8-6-15/h3-9,18-19H,10-13H2,1-2H3,(H,21,25)(H,22,24)/t18-,19+/m0/s1. The molecule has 1 saturated heterocycles. The Bertz CT molecular complexity index is 758. The summed E-state index contributed by atoms with van der Waals surface area (Å²) in [6.07, 6.45) is 1.58. The van der Waals surface area contributed by atoms with Gasteiger partial charge in [0.25, 0.3) is 0 Å². The van der Waals surface area contributed by atoms with Crippen LogP contribution in [0.5, 0.6) is 5.75 Å². The van der Waals surface area contributed by atoms with Gasteiger partial charge in [-0.25, -0.2) is 0 Å². The van der Waals surface area contributed by atoms with Crippen LogP contribution < -0.4 is 15.4 Å². The molecule has 144 valence electrons. The highest BCUT2D eigenvalue weighted by Gasteiger charge is 2.35. The van der Waals surface area contributed by atoms with E-state index in [9.17, 15) is 9.59 Å². The Morgan fingerprint density at radius 3 is 2.63 bits per heavy atom. The number of carbonyl (C=O) groups excluding carboxylic acids is 2. The van der Waals surface area contributed by atoms with E-state index >= 15 is 0 Å². The molecule has 0 radical (unpaired) electrons. The number of hydrogen-bond acceptors (Lipinski definition) is 5. The van der Waals surface area contributed by atoms with Gasteiger partial charge in [-0.1, -0.05) is 12.1 Å². The number of amides is 2. The second-order valence-electron chi connectivity index (χ2n) is 6.74. The van der Waals surface area contributed by atoms with Gasteiger partial charge < -0.3 is 19.8 Å². The number of nitrogens with zero attached hydrogens (tertiary/aromatic N) is 1. The van der Waals surface area contributed by atoms with Crippen molar-refractivity contribution in [2.24, 2.45) is 0 Å². The van der Waals surface area contributed by atoms with Gasteiger partial charge in [0.05, 0.1) is 26.5 Å². The number of nitrogens with one attached hydrogen (secondary N) is 2. The van der Waals surface area contributed by atoms with E-state index in [0.717, 1.165) is 17.1 Å². The van der Waals surface area contributed by atoms with Gasteiger partial charge in [0.1, 0.15) is 11.5 Å². The molecule has 0 aliphatic carbocycles. The Hall–Kier alpha value is -2.80. The van der Waals surface area contributed by atoms with E-state index < -0.39 is 0 Å². The molecule has 0 unspecified atom stereocenters. The maximum absolute atomic E-state index is 12.3. The molecule has 3 rings (SSSR count). The summed E-state index contributed by atoms with van der Waals surface area (Å²) in [4.78, 5) is 25.9. The smallest absolute Gasteiger partial charge is 0.234 e. The zero-order valence-corrected chi connectivity index (χ0v) is 15.6. The summed E-state index contributed by atoms with van der Waals surface area (Å²) in [5, 5.41) is 5.88. The minimum atomic E-state index is -0.0670. The van der Waals surface area contributed by atoms with Crippen LogP contribution in [0.2, 0.25) is 0 Å². The van der Waals surface area contributed by atoms with Crippen molar-refractivity contribution in [3.63, 3.8) is 0 Å². The largest absolute Gasteiger partial charge is 0.497 e. The van der Waals surface area contributed by atoms with Gasteiger partial charge in [0.15, 0.2) is 0 Å². The average molecular weight is 371 g/mol. The SMILES string of the molecule is COc1ccc([C@@H]2CN(CC(=O)NCc3ccco3)C[C@H]2NC(C)=O)cc1. The lowest BCUT2D eigenvalue weighted by Crippen LogP contribution is -2.40. The van der Waals surface area contributed by atoms with E-state index in [-0.39, 0.29) is 30.3 Å². The normalized spacial score (nSPS) is 19.6. The maximum atomic E-state index is 12.3. The minimum Gasteiger partial charge on any atom is -0.497 e. The van der Waals surface area contributed by atoms with Crippen LogP contribution in [0.4, 0.5) is 0 Å². The van der Waals surface area contributed by atoms with E-state index in [1.165, 1.54) is 6.92 Å². The molecule has 0 spiro atoms. The van der Waals surface area contributed by atoms with E-state index in [1.54, 1.807) is 19.4 Å². The summed E-state index contributed by atoms with van der Waals surface area (Å²) < 4.78 is 10.4. The van der Waals surface area contributed by atoms with Crippen LogP contribution in [0.15, 0.2) is 47.1 Å². The Morgan fingerprint density at radius 2 is 2.00 bits per heavy atom. The van der Waals surface area contributed by atoms with Gasteiger partial charge in [0.2, 0.25) is 11.8 Å². The highest BCUT2D eigenvalue weighted by Crippen LogP contribution is 2.29. The number of hydrogen-bond donors (Lipinski definition) is 2. The van der Waals surface area contributed by atoms with Gasteiger partial charge in [0, 0.05) is 32.0 Å². The molecule has 2 amide bonds. The molecule has 0 bridgehead atoms. The number of methoxy groups -OCH3 is 1. The molecule has 1 aromatic heterocycles. The lowest BCUT2D eigenvalue weighted by Gasteiger charge is -2.19. The molecule has 7 heteroatoms. The fourth-order valence-corrected chi connectivity index (χ4v) is 3.47. The topological polar surface area (TPSA) is 83.8 Å². The zero-order chi connectivity index (χ0) is 19.2. The van der Waals surface area contributed by atoms with Crippen molar-refractivity contribution in [3.05, 3.63) is 54.0 Å². The monoisotopic (exact) mass is 371 g/mol. The van der Waals surface area contributed by atoms with Crippen molar-refractivity contribution >= 4 is 11.8 Å². The molecule has 27 heavy (non-hydrogen) atoms. The Balaban J connectivity index is 1.61. The summed E-state index contributed by atoms with van der Waals surface area (Å²) >= 11 is 0. The highest BCUT2D eigenvalue weighted by atomic mass is 16.5. The predicted octanol–water partition coefficient (Wildman–Crippen LogP) is 1.51. The lowest BCUT2D eigenvalue weighted by molar-refractivity contribution is -0.122. The van der Waals surface area contributed by atoms with Gasteiger partial charge in [-0.15, -0.1) is 0 Å². The number of rotatable bonds is 7. The first-order valence-corrected chi connectivity index (χ1v) is 8.97. The van der Waals surface area contributed by atoms with Crippen LogP contribution in [0.3, 0.4) is 0 Å². The summed E-state index contributed by atoms with van der Waals surface area (Å²) in [5.74, 6) is 1.50. The highest BCUT2D eigenvalue weighted by molar-refractivity contribution is 5.78. The fourth-order valence-electron chi connectivity index (χ4n) is 3.47. The summed E-state index contributed by atoms with van der Waals surface area (Å²) in [6.45, 7) is 3.50. The van der Waals surface area contributed by atoms with Crippen LogP contribution >= 0.6 is 0 Å². The number of ether oxygens (including phenoxy) is 1. The summed E-state index contributed by atoms with van der Waals surface area (Å²) in [7, 11) is 1.63. The second kappa shape index (κ2) is 8.73. The second-order valence-corrected chi connectivity index (χ2v) is 6.74. The molecule has 0 saturated carbocycles. The third kappa shape index (κ3) is 5.10. The number of benzene rings is 1. The number of furan rings is 1. The fraction of sp³-hybridized carbons (Fsp3) is 0.400. The third-order valence-electron chi connectivity index (χ3n) is 4.74. The molecule has 2 aromatic rings. The van der Waals surface area contributed by atoms with E-state index in [2.05, 4.69) is 15.5 Å². The molecule has 1 fully saturated rings. The van der Waals surface area contributed by atoms with Gasteiger partial charge >= 0.3 is 0 Å². The number of likely N-dealkylation sites (tertiary alicyclic amines) is 1. The first-order valence-electron chi connectivity index (χ1n) is 8.97. The molecule has 2 heterocycles. The van der Waals surface area contributed by atoms with Crippen molar-refractivity contribution < 1.29 is 18.7 Å². The van der Waals surface area contributed by atoms with Crippen LogP contribution in [0.25, 0.3) is 0 Å². The van der Waals surface area contributed by atoms with Crippen LogP contribution in [0, 0.1) is 0 Å². The van der Waals surface area contributed by atoms with Crippen LogP contribution in [-0.4, -0.2) is 49.5 Å². The molecule has 1 aliphatic heterocycles. The van der Waals surface area contributed by atoms with Crippen molar-refractivity contribution in [1.82, 2.24) is 15.5 Å². The molecule has 2 atom stereocenters.